The molecule has 2 heterocycles. The standard InChI is InChI=1S/C62H44N2O/c1-61(36-35-46-45-21-7-12-26-53(45)62(55(46)39-61)51-24-10-5-19-43(51)44-20-6-11-25-52(44)62)54-27-13-15-29-57(54)63(42-32-34-50-49-23-9-16-30-59(49)65-60(50)38-42)41-31-33-48-47-22-8-14-28-56(47)64(58(48)37-41)40-17-3-2-4-18-40/h2-31,33-38,42H,32,39H2,1H3. The molecule has 0 N–H and O–H groups in total. The molecular weight excluding hydrogens is 789 g/mol. The molecule has 0 amide bonds. The van der Waals surface area contributed by atoms with Crippen LogP contribution in [0.15, 0.2) is 216 Å². The van der Waals surface area contributed by atoms with E-state index in [4.69, 9.17) is 4.42 Å². The lowest BCUT2D eigenvalue weighted by atomic mass is 9.63. The number of anilines is 2. The average molecular weight is 833 g/mol. The van der Waals surface area contributed by atoms with Crippen LogP contribution < -0.4 is 15.5 Å². The van der Waals surface area contributed by atoms with Gasteiger partial charge in [0.1, 0.15) is 11.0 Å². The fourth-order valence-corrected chi connectivity index (χ4v) is 12.4. The number of furan rings is 1. The van der Waals surface area contributed by atoms with Gasteiger partial charge in [0.05, 0.1) is 22.5 Å². The second kappa shape index (κ2) is 13.6. The topological polar surface area (TPSA) is 21.3 Å². The number of hydrogen-bond acceptors (Lipinski definition) is 2. The highest BCUT2D eigenvalue weighted by Gasteiger charge is 2.54. The first-order valence-electron chi connectivity index (χ1n) is 23.0. The van der Waals surface area contributed by atoms with E-state index in [2.05, 4.69) is 235 Å². The maximum atomic E-state index is 6.65. The normalized spacial score (nSPS) is 18.6. The van der Waals surface area contributed by atoms with Crippen LogP contribution in [-0.2, 0) is 10.8 Å². The summed E-state index contributed by atoms with van der Waals surface area (Å²) in [5, 5.41) is 4.85. The summed E-state index contributed by atoms with van der Waals surface area (Å²) in [7, 11) is 0. The molecule has 2 atom stereocenters. The third kappa shape index (κ3) is 5.01. The Balaban J connectivity index is 0.982. The molecule has 4 aliphatic carbocycles. The van der Waals surface area contributed by atoms with Gasteiger partial charge in [-0.25, -0.2) is 0 Å². The number of hydrogen-bond donors (Lipinski definition) is 0. The first-order chi connectivity index (χ1) is 32.1. The number of benzene rings is 8. The minimum Gasteiger partial charge on any atom is -0.456 e. The lowest BCUT2D eigenvalue weighted by Crippen LogP contribution is -2.38. The Bertz CT molecular complexity index is 3780. The van der Waals surface area contributed by atoms with Gasteiger partial charge in [-0.3, -0.25) is 0 Å². The number of rotatable bonds is 5. The number of allylic oxidation sites excluding steroid dienone is 4. The third-order valence-electron chi connectivity index (χ3n) is 15.1. The summed E-state index contributed by atoms with van der Waals surface area (Å²) < 4.78 is 9.08. The maximum absolute atomic E-state index is 6.65. The van der Waals surface area contributed by atoms with Crippen molar-refractivity contribution in [1.82, 2.24) is 4.57 Å². The second-order valence-electron chi connectivity index (χ2n) is 18.5. The van der Waals surface area contributed by atoms with Crippen molar-refractivity contribution in [3.63, 3.8) is 0 Å². The van der Waals surface area contributed by atoms with E-state index in [1.54, 1.807) is 0 Å². The molecule has 1 spiro atoms. The minimum atomic E-state index is -0.376. The van der Waals surface area contributed by atoms with Gasteiger partial charge in [0.2, 0.25) is 0 Å². The molecular formula is C62H44N2O. The average Bonchev–Trinajstić information content (AvgIpc) is 4.08. The van der Waals surface area contributed by atoms with Crippen molar-refractivity contribution in [2.75, 3.05) is 4.90 Å². The van der Waals surface area contributed by atoms with Crippen molar-refractivity contribution < 1.29 is 4.42 Å². The van der Waals surface area contributed by atoms with E-state index in [1.807, 2.05) is 0 Å². The first kappa shape index (κ1) is 36.6. The molecule has 2 unspecified atom stereocenters. The van der Waals surface area contributed by atoms with Crippen molar-refractivity contribution in [3.05, 3.63) is 250 Å². The lowest BCUT2D eigenvalue weighted by molar-refractivity contribution is 0.544. The highest BCUT2D eigenvalue weighted by molar-refractivity contribution is 6.10. The molecule has 10 aromatic rings. The summed E-state index contributed by atoms with van der Waals surface area (Å²) >= 11 is 0. The molecule has 0 bridgehead atoms. The molecule has 0 saturated carbocycles. The molecule has 4 aliphatic rings. The predicted octanol–water partition coefficient (Wildman–Crippen LogP) is 13.7. The molecule has 14 rings (SSSR count). The van der Waals surface area contributed by atoms with Gasteiger partial charge in [0.15, 0.2) is 0 Å². The number of aromatic nitrogens is 1. The SMILES string of the molecule is CC1(c2ccccc2N(c2ccc3c4ccccc4n(-c4ccccc4)c3c2)C2C=c3oc4ccccc4c3=CC2)C=CC2=C(C1)C1(c3ccccc32)c2ccccc2-c2ccccc21. The first-order valence-corrected chi connectivity index (χ1v) is 23.0. The van der Waals surface area contributed by atoms with Crippen molar-refractivity contribution in [2.24, 2.45) is 0 Å². The minimum absolute atomic E-state index is 0.0159. The summed E-state index contributed by atoms with van der Waals surface area (Å²) in [4.78, 5) is 2.61. The molecule has 3 nitrogen and oxygen atoms in total. The van der Waals surface area contributed by atoms with E-state index < -0.39 is 0 Å². The van der Waals surface area contributed by atoms with Crippen molar-refractivity contribution in [3.8, 4) is 16.8 Å². The van der Waals surface area contributed by atoms with Crippen LogP contribution in [0.25, 0.3) is 67.3 Å². The summed E-state index contributed by atoms with van der Waals surface area (Å²) in [5.41, 5.74) is 19.4. The van der Waals surface area contributed by atoms with Crippen LogP contribution in [-0.4, -0.2) is 10.6 Å². The summed E-state index contributed by atoms with van der Waals surface area (Å²) in [5.74, 6) is 0. The quantitative estimate of drug-likeness (QED) is 0.172. The number of nitrogens with zero attached hydrogens (tertiary/aromatic N) is 2. The van der Waals surface area contributed by atoms with E-state index in [9.17, 15) is 0 Å². The molecule has 0 saturated heterocycles. The van der Waals surface area contributed by atoms with Gasteiger partial charge in [0, 0.05) is 43.9 Å². The Kier molecular flexibility index (Phi) is 7.63. The van der Waals surface area contributed by atoms with Crippen LogP contribution >= 0.6 is 0 Å². The van der Waals surface area contributed by atoms with Crippen LogP contribution in [0.1, 0.15) is 47.6 Å². The molecule has 3 heteroatoms. The smallest absolute Gasteiger partial charge is 0.135 e. The monoisotopic (exact) mass is 832 g/mol. The number of fused-ring (bicyclic) bond motifs is 15. The zero-order valence-electron chi connectivity index (χ0n) is 36.1. The van der Waals surface area contributed by atoms with Crippen molar-refractivity contribution >= 4 is 61.9 Å². The van der Waals surface area contributed by atoms with Crippen LogP contribution in [0.5, 0.6) is 0 Å². The van der Waals surface area contributed by atoms with Gasteiger partial charge in [-0.2, -0.15) is 0 Å². The lowest BCUT2D eigenvalue weighted by Gasteiger charge is -2.41. The summed E-state index contributed by atoms with van der Waals surface area (Å²) in [6.45, 7) is 2.47. The predicted molar refractivity (Wildman–Crippen MR) is 268 cm³/mol. The molecule has 308 valence electrons. The third-order valence-corrected chi connectivity index (χ3v) is 15.1. The van der Waals surface area contributed by atoms with Gasteiger partial charge in [0.25, 0.3) is 0 Å². The van der Waals surface area contributed by atoms with E-state index >= 15 is 0 Å². The molecule has 0 radical (unpaired) electrons. The highest BCUT2D eigenvalue weighted by Crippen LogP contribution is 2.65. The fourth-order valence-electron chi connectivity index (χ4n) is 12.4. The maximum Gasteiger partial charge on any atom is 0.135 e. The van der Waals surface area contributed by atoms with Crippen molar-refractivity contribution in [2.45, 2.75) is 36.6 Å². The molecule has 8 aromatic carbocycles. The van der Waals surface area contributed by atoms with Gasteiger partial charge in [-0.1, -0.05) is 177 Å². The number of para-hydroxylation sites is 4. The Morgan fingerprint density at radius 2 is 1.18 bits per heavy atom. The summed E-state index contributed by atoms with van der Waals surface area (Å²) in [6.07, 6.45) is 11.4. The fraction of sp³-hybridized carbons (Fsp3) is 0.0968. The van der Waals surface area contributed by atoms with Gasteiger partial charge < -0.3 is 13.9 Å². The molecule has 65 heavy (non-hydrogen) atoms. The Hall–Kier alpha value is -7.88. The highest BCUT2D eigenvalue weighted by atomic mass is 16.3. The Labute approximate surface area is 377 Å². The van der Waals surface area contributed by atoms with Crippen LogP contribution in [0, 0.1) is 0 Å². The van der Waals surface area contributed by atoms with Crippen LogP contribution in [0.3, 0.4) is 0 Å². The van der Waals surface area contributed by atoms with Gasteiger partial charge in [-0.15, -0.1) is 0 Å². The van der Waals surface area contributed by atoms with Gasteiger partial charge in [-0.05, 0) is 111 Å². The molecule has 2 aromatic heterocycles. The zero-order chi connectivity index (χ0) is 42.9. The van der Waals surface area contributed by atoms with E-state index in [1.165, 1.54) is 88.2 Å². The molecule has 0 fully saturated rings. The van der Waals surface area contributed by atoms with E-state index in [0.29, 0.717) is 0 Å². The molecule has 0 aliphatic heterocycles. The Morgan fingerprint density at radius 3 is 1.97 bits per heavy atom. The van der Waals surface area contributed by atoms with Crippen LogP contribution in [0.4, 0.5) is 11.4 Å². The van der Waals surface area contributed by atoms with Crippen LogP contribution in [0.2, 0.25) is 0 Å². The summed E-state index contributed by atoms with van der Waals surface area (Å²) in [6, 6.07) is 71.8. The zero-order valence-corrected chi connectivity index (χ0v) is 36.1. The Morgan fingerprint density at radius 1 is 0.569 bits per heavy atom. The largest absolute Gasteiger partial charge is 0.456 e. The van der Waals surface area contributed by atoms with E-state index in [0.717, 1.165) is 35.2 Å². The second-order valence-corrected chi connectivity index (χ2v) is 18.5. The van der Waals surface area contributed by atoms with E-state index in [-0.39, 0.29) is 16.9 Å². The van der Waals surface area contributed by atoms with Gasteiger partial charge >= 0.3 is 0 Å². The van der Waals surface area contributed by atoms with Crippen molar-refractivity contribution in [1.29, 1.82) is 0 Å².